The summed E-state index contributed by atoms with van der Waals surface area (Å²) in [7, 11) is 1.87. The van der Waals surface area contributed by atoms with E-state index in [1.807, 2.05) is 43.9 Å². The highest BCUT2D eigenvalue weighted by Gasteiger charge is 2.13. The number of nitrogens with zero attached hydrogens (tertiary/aromatic N) is 4. The van der Waals surface area contributed by atoms with Crippen LogP contribution in [0.15, 0.2) is 24.4 Å². The molecule has 0 aliphatic rings. The monoisotopic (exact) mass is 311 g/mol. The molecule has 0 aliphatic heterocycles. The molecule has 3 aromatic rings. The van der Waals surface area contributed by atoms with Crippen LogP contribution < -0.4 is 5.32 Å². The van der Waals surface area contributed by atoms with E-state index in [2.05, 4.69) is 28.5 Å². The highest BCUT2D eigenvalue weighted by Crippen LogP contribution is 2.20. The molecule has 1 aromatic carbocycles. The molecule has 120 valence electrons. The second-order valence-electron chi connectivity index (χ2n) is 5.84. The molecule has 6 nitrogen and oxygen atoms in total. The smallest absolute Gasteiger partial charge is 0.226 e. The molecular formula is C17H21N5O. The molecule has 2 aromatic heterocycles. The van der Waals surface area contributed by atoms with Crippen molar-refractivity contribution in [2.45, 2.75) is 33.7 Å². The molecular weight excluding hydrogens is 290 g/mol. The molecule has 3 rings (SSSR count). The summed E-state index contributed by atoms with van der Waals surface area (Å²) < 4.78 is 3.65. The van der Waals surface area contributed by atoms with Gasteiger partial charge in [0.15, 0.2) is 0 Å². The molecule has 0 atom stereocenters. The third-order valence-electron chi connectivity index (χ3n) is 4.23. The van der Waals surface area contributed by atoms with E-state index < -0.39 is 0 Å². The van der Waals surface area contributed by atoms with E-state index in [1.165, 1.54) is 5.56 Å². The summed E-state index contributed by atoms with van der Waals surface area (Å²) in [6, 6.07) is 6.11. The average Bonchev–Trinajstić information content (AvgIpc) is 3.03. The zero-order valence-electron chi connectivity index (χ0n) is 13.9. The second kappa shape index (κ2) is 5.87. The molecule has 23 heavy (non-hydrogen) atoms. The predicted molar refractivity (Wildman–Crippen MR) is 90.4 cm³/mol. The average molecular weight is 311 g/mol. The van der Waals surface area contributed by atoms with Gasteiger partial charge in [0.05, 0.1) is 35.3 Å². The molecule has 0 aliphatic carbocycles. The minimum atomic E-state index is -0.0273. The van der Waals surface area contributed by atoms with E-state index in [1.54, 1.807) is 4.68 Å². The van der Waals surface area contributed by atoms with Crippen LogP contribution in [-0.2, 0) is 18.4 Å². The Balaban J connectivity index is 1.70. The summed E-state index contributed by atoms with van der Waals surface area (Å²) in [5.41, 5.74) is 4.85. The van der Waals surface area contributed by atoms with Crippen molar-refractivity contribution in [1.29, 1.82) is 0 Å². The maximum absolute atomic E-state index is 12.2. The lowest BCUT2D eigenvalue weighted by atomic mass is 10.1. The Morgan fingerprint density at radius 1 is 1.26 bits per heavy atom. The summed E-state index contributed by atoms with van der Waals surface area (Å²) in [5, 5.41) is 12.8. The zero-order valence-corrected chi connectivity index (χ0v) is 13.9. The molecule has 0 saturated heterocycles. The predicted octanol–water partition coefficient (Wildman–Crippen LogP) is 2.72. The van der Waals surface area contributed by atoms with E-state index in [0.29, 0.717) is 13.0 Å². The highest BCUT2D eigenvalue weighted by molar-refractivity contribution is 5.92. The van der Waals surface area contributed by atoms with Gasteiger partial charge >= 0.3 is 0 Å². The van der Waals surface area contributed by atoms with E-state index in [9.17, 15) is 4.79 Å². The van der Waals surface area contributed by atoms with Crippen molar-refractivity contribution < 1.29 is 4.79 Å². The number of carbonyl (C=O) groups is 1. The third-order valence-corrected chi connectivity index (χ3v) is 4.23. The maximum Gasteiger partial charge on any atom is 0.226 e. The number of hydrogen-bond acceptors (Lipinski definition) is 3. The fourth-order valence-electron chi connectivity index (χ4n) is 2.79. The molecule has 0 radical (unpaired) electrons. The number of aryl methyl sites for hydroxylation is 4. The Labute approximate surface area is 135 Å². The third kappa shape index (κ3) is 2.84. The fourth-order valence-corrected chi connectivity index (χ4v) is 2.79. The van der Waals surface area contributed by atoms with Gasteiger partial charge in [0.25, 0.3) is 0 Å². The van der Waals surface area contributed by atoms with Crippen LogP contribution in [0.5, 0.6) is 0 Å². The van der Waals surface area contributed by atoms with Crippen LogP contribution in [0.4, 0.5) is 5.69 Å². The first kappa shape index (κ1) is 15.3. The summed E-state index contributed by atoms with van der Waals surface area (Å²) in [6.07, 6.45) is 2.23. The number of amides is 1. The number of carbonyl (C=O) groups excluding carboxylic acids is 1. The highest BCUT2D eigenvalue weighted by atomic mass is 16.1. The summed E-state index contributed by atoms with van der Waals surface area (Å²) in [5.74, 6) is -0.0273. The number of fused-ring (bicyclic) bond motifs is 1. The zero-order chi connectivity index (χ0) is 16.6. The summed E-state index contributed by atoms with van der Waals surface area (Å²) >= 11 is 0. The summed E-state index contributed by atoms with van der Waals surface area (Å²) in [6.45, 7) is 6.46. The van der Waals surface area contributed by atoms with Crippen molar-refractivity contribution in [3.8, 4) is 0 Å². The largest absolute Gasteiger partial charge is 0.323 e. The van der Waals surface area contributed by atoms with Gasteiger partial charge in [0.1, 0.15) is 0 Å². The summed E-state index contributed by atoms with van der Waals surface area (Å²) in [4.78, 5) is 12.2. The Bertz CT molecular complexity index is 875. The van der Waals surface area contributed by atoms with Crippen LogP contribution in [0.2, 0.25) is 0 Å². The van der Waals surface area contributed by atoms with Gasteiger partial charge < -0.3 is 5.32 Å². The van der Waals surface area contributed by atoms with Crippen LogP contribution in [0.25, 0.3) is 10.9 Å². The topological polar surface area (TPSA) is 64.7 Å². The van der Waals surface area contributed by atoms with Crippen molar-refractivity contribution in [3.63, 3.8) is 0 Å². The lowest BCUT2D eigenvalue weighted by Crippen LogP contribution is -2.16. The molecule has 0 spiro atoms. The first-order valence-electron chi connectivity index (χ1n) is 7.68. The number of hydrogen-bond donors (Lipinski definition) is 1. The quantitative estimate of drug-likeness (QED) is 0.805. The first-order valence-corrected chi connectivity index (χ1v) is 7.68. The Kier molecular flexibility index (Phi) is 3.90. The van der Waals surface area contributed by atoms with Gasteiger partial charge in [0, 0.05) is 18.9 Å². The lowest BCUT2D eigenvalue weighted by Gasteiger charge is -2.07. The van der Waals surface area contributed by atoms with Gasteiger partial charge in [-0.3, -0.25) is 14.2 Å². The Morgan fingerprint density at radius 2 is 2.04 bits per heavy atom. The van der Waals surface area contributed by atoms with Crippen LogP contribution in [0, 0.1) is 20.8 Å². The number of aromatic nitrogens is 4. The normalized spacial score (nSPS) is 11.1. The Morgan fingerprint density at radius 3 is 2.74 bits per heavy atom. The van der Waals surface area contributed by atoms with E-state index in [0.717, 1.165) is 28.0 Å². The van der Waals surface area contributed by atoms with Crippen molar-refractivity contribution >= 4 is 22.5 Å². The van der Waals surface area contributed by atoms with Gasteiger partial charge in [0.2, 0.25) is 5.91 Å². The van der Waals surface area contributed by atoms with Crippen molar-refractivity contribution in [2.24, 2.45) is 7.05 Å². The van der Waals surface area contributed by atoms with Crippen molar-refractivity contribution in [1.82, 2.24) is 19.6 Å². The van der Waals surface area contributed by atoms with Crippen LogP contribution in [0.3, 0.4) is 0 Å². The van der Waals surface area contributed by atoms with Crippen molar-refractivity contribution in [3.05, 3.63) is 41.3 Å². The van der Waals surface area contributed by atoms with E-state index >= 15 is 0 Å². The number of anilines is 1. The minimum absolute atomic E-state index is 0.0273. The lowest BCUT2D eigenvalue weighted by molar-refractivity contribution is -0.116. The van der Waals surface area contributed by atoms with Gasteiger partial charge in [-0.05, 0) is 32.4 Å². The molecule has 2 heterocycles. The number of nitrogens with one attached hydrogen (secondary N) is 1. The molecule has 1 N–H and O–H groups in total. The minimum Gasteiger partial charge on any atom is -0.323 e. The standard InChI is InChI=1S/C17H21N5O/c1-11-6-5-7-15-14(11)10-18-22(15)9-8-16(23)19-17-12(2)20-21(4)13(17)3/h5-7,10H,8-9H2,1-4H3,(H,19,23). The van der Waals surface area contributed by atoms with Crippen LogP contribution in [0.1, 0.15) is 23.4 Å². The number of rotatable bonds is 4. The van der Waals surface area contributed by atoms with E-state index in [4.69, 9.17) is 0 Å². The first-order chi connectivity index (χ1) is 11.0. The fraction of sp³-hybridized carbons (Fsp3) is 0.353. The molecule has 0 fully saturated rings. The molecule has 0 saturated carbocycles. The SMILES string of the molecule is Cc1nn(C)c(C)c1NC(=O)CCn1ncc2c(C)cccc21. The van der Waals surface area contributed by atoms with Gasteiger partial charge in [-0.2, -0.15) is 10.2 Å². The maximum atomic E-state index is 12.2. The van der Waals surface area contributed by atoms with E-state index in [-0.39, 0.29) is 5.91 Å². The number of benzene rings is 1. The van der Waals surface area contributed by atoms with Crippen LogP contribution >= 0.6 is 0 Å². The van der Waals surface area contributed by atoms with Crippen molar-refractivity contribution in [2.75, 3.05) is 5.32 Å². The van der Waals surface area contributed by atoms with Crippen LogP contribution in [-0.4, -0.2) is 25.5 Å². The molecule has 0 bridgehead atoms. The van der Waals surface area contributed by atoms with Gasteiger partial charge in [-0.1, -0.05) is 12.1 Å². The Hall–Kier alpha value is -2.63. The van der Waals surface area contributed by atoms with Gasteiger partial charge in [-0.25, -0.2) is 0 Å². The second-order valence-corrected chi connectivity index (χ2v) is 5.84. The molecule has 0 unspecified atom stereocenters. The van der Waals surface area contributed by atoms with Gasteiger partial charge in [-0.15, -0.1) is 0 Å². The molecule has 6 heteroatoms. The molecule has 1 amide bonds.